The van der Waals surface area contributed by atoms with Crippen LogP contribution in [0.1, 0.15) is 24.3 Å². The normalized spacial score (nSPS) is 23.0. The highest BCUT2D eigenvalue weighted by Crippen LogP contribution is 2.28. The lowest BCUT2D eigenvalue weighted by Gasteiger charge is -2.22. The molecule has 1 fully saturated rings. The van der Waals surface area contributed by atoms with Gasteiger partial charge in [-0.1, -0.05) is 0 Å². The van der Waals surface area contributed by atoms with E-state index >= 15 is 0 Å². The van der Waals surface area contributed by atoms with Crippen LogP contribution >= 0.6 is 0 Å². The number of H-pyrrole nitrogens is 1. The van der Waals surface area contributed by atoms with Crippen molar-refractivity contribution in [2.75, 3.05) is 20.2 Å². The van der Waals surface area contributed by atoms with E-state index in [4.69, 9.17) is 4.74 Å². The minimum Gasteiger partial charge on any atom is -0.481 e. The summed E-state index contributed by atoms with van der Waals surface area (Å²) in [7, 11) is 1.67. The summed E-state index contributed by atoms with van der Waals surface area (Å²) < 4.78 is 5.19. The van der Waals surface area contributed by atoms with Crippen LogP contribution in [0.15, 0.2) is 6.20 Å². The Kier molecular flexibility index (Phi) is 2.49. The van der Waals surface area contributed by atoms with E-state index in [1.807, 2.05) is 6.20 Å². The van der Waals surface area contributed by atoms with Crippen molar-refractivity contribution < 1.29 is 4.74 Å². The Bertz CT molecular complexity index is 266. The number of rotatable bonds is 2. The van der Waals surface area contributed by atoms with Gasteiger partial charge in [-0.25, -0.2) is 5.10 Å². The fraction of sp³-hybridized carbons (Fsp3) is 0.667. The number of nitrogens with one attached hydrogen (secondary N) is 2. The number of hydrogen-bond acceptors (Lipinski definition) is 3. The van der Waals surface area contributed by atoms with Crippen LogP contribution in [-0.2, 0) is 0 Å². The summed E-state index contributed by atoms with van der Waals surface area (Å²) in [6, 6.07) is 0. The van der Waals surface area contributed by atoms with Crippen LogP contribution in [0.4, 0.5) is 0 Å². The summed E-state index contributed by atoms with van der Waals surface area (Å²) in [4.78, 5) is 0. The first-order valence-corrected chi connectivity index (χ1v) is 4.70. The van der Waals surface area contributed by atoms with Gasteiger partial charge < -0.3 is 10.1 Å². The summed E-state index contributed by atoms with van der Waals surface area (Å²) in [6.07, 6.45) is 4.33. The number of ether oxygens (including phenoxy) is 1. The SMILES string of the molecule is COc1[nH]ncc1C1CCCNC1. The Balaban J connectivity index is 2.13. The van der Waals surface area contributed by atoms with Gasteiger partial charge in [0.15, 0.2) is 0 Å². The second kappa shape index (κ2) is 3.79. The molecule has 1 unspecified atom stereocenters. The van der Waals surface area contributed by atoms with Crippen molar-refractivity contribution in [3.63, 3.8) is 0 Å². The molecule has 0 saturated carbocycles. The molecule has 1 aromatic rings. The zero-order valence-electron chi connectivity index (χ0n) is 7.84. The summed E-state index contributed by atoms with van der Waals surface area (Å²) >= 11 is 0. The number of aromatic amines is 1. The highest BCUT2D eigenvalue weighted by molar-refractivity contribution is 5.27. The molecule has 0 bridgehead atoms. The van der Waals surface area contributed by atoms with E-state index in [2.05, 4.69) is 15.5 Å². The van der Waals surface area contributed by atoms with E-state index in [1.54, 1.807) is 7.11 Å². The third-order valence-electron chi connectivity index (χ3n) is 2.57. The molecule has 4 heteroatoms. The van der Waals surface area contributed by atoms with Gasteiger partial charge in [0.1, 0.15) is 0 Å². The van der Waals surface area contributed by atoms with Crippen molar-refractivity contribution in [2.24, 2.45) is 0 Å². The standard InChI is InChI=1S/C9H15N3O/c1-13-9-8(6-11-12-9)7-3-2-4-10-5-7/h6-7,10H,2-5H2,1H3,(H,11,12). The first-order valence-electron chi connectivity index (χ1n) is 4.70. The highest BCUT2D eigenvalue weighted by atomic mass is 16.5. The Morgan fingerprint density at radius 2 is 2.54 bits per heavy atom. The van der Waals surface area contributed by atoms with Crippen molar-refractivity contribution in [3.05, 3.63) is 11.8 Å². The first-order chi connectivity index (χ1) is 6.42. The van der Waals surface area contributed by atoms with Crippen molar-refractivity contribution in [1.29, 1.82) is 0 Å². The van der Waals surface area contributed by atoms with E-state index in [9.17, 15) is 0 Å². The molecule has 2 rings (SSSR count). The van der Waals surface area contributed by atoms with Gasteiger partial charge in [-0.05, 0) is 19.4 Å². The van der Waals surface area contributed by atoms with Crippen LogP contribution in [0.3, 0.4) is 0 Å². The van der Waals surface area contributed by atoms with Crippen LogP contribution in [0, 0.1) is 0 Å². The average molecular weight is 181 g/mol. The van der Waals surface area contributed by atoms with Crippen molar-refractivity contribution in [1.82, 2.24) is 15.5 Å². The van der Waals surface area contributed by atoms with E-state index < -0.39 is 0 Å². The number of methoxy groups -OCH3 is 1. The molecule has 0 radical (unpaired) electrons. The molecule has 1 aromatic heterocycles. The Morgan fingerprint density at radius 1 is 1.62 bits per heavy atom. The lowest BCUT2D eigenvalue weighted by Crippen LogP contribution is -2.28. The highest BCUT2D eigenvalue weighted by Gasteiger charge is 2.19. The molecule has 1 aliphatic heterocycles. The van der Waals surface area contributed by atoms with E-state index in [0.717, 1.165) is 19.0 Å². The molecule has 1 atom stereocenters. The first kappa shape index (κ1) is 8.56. The number of aromatic nitrogens is 2. The quantitative estimate of drug-likeness (QED) is 0.712. The molecule has 13 heavy (non-hydrogen) atoms. The van der Waals surface area contributed by atoms with E-state index in [0.29, 0.717) is 5.92 Å². The van der Waals surface area contributed by atoms with Crippen molar-refractivity contribution in [3.8, 4) is 5.88 Å². The monoisotopic (exact) mass is 181 g/mol. The summed E-state index contributed by atoms with van der Waals surface area (Å²) in [5, 5.41) is 10.2. The van der Waals surface area contributed by atoms with Crippen LogP contribution in [0.25, 0.3) is 0 Å². The third-order valence-corrected chi connectivity index (χ3v) is 2.57. The number of hydrogen-bond donors (Lipinski definition) is 2. The minimum absolute atomic E-state index is 0.558. The van der Waals surface area contributed by atoms with Crippen LogP contribution in [0.2, 0.25) is 0 Å². The lowest BCUT2D eigenvalue weighted by atomic mass is 9.94. The van der Waals surface area contributed by atoms with Crippen LogP contribution in [0.5, 0.6) is 5.88 Å². The Labute approximate surface area is 77.7 Å². The maximum atomic E-state index is 5.19. The predicted molar refractivity (Wildman–Crippen MR) is 50.0 cm³/mol. The van der Waals surface area contributed by atoms with Gasteiger partial charge in [-0.2, -0.15) is 5.10 Å². The fourth-order valence-corrected chi connectivity index (χ4v) is 1.86. The van der Waals surface area contributed by atoms with Crippen molar-refractivity contribution >= 4 is 0 Å². The average Bonchev–Trinajstić information content (AvgIpc) is 2.67. The molecule has 0 aromatic carbocycles. The third kappa shape index (κ3) is 1.67. The molecule has 0 spiro atoms. The van der Waals surface area contributed by atoms with Gasteiger partial charge in [-0.15, -0.1) is 0 Å². The molecule has 4 nitrogen and oxygen atoms in total. The fourth-order valence-electron chi connectivity index (χ4n) is 1.86. The summed E-state index contributed by atoms with van der Waals surface area (Å²) in [5.74, 6) is 1.37. The maximum Gasteiger partial charge on any atom is 0.212 e. The van der Waals surface area contributed by atoms with E-state index in [-0.39, 0.29) is 0 Å². The number of nitrogens with zero attached hydrogens (tertiary/aromatic N) is 1. The largest absolute Gasteiger partial charge is 0.481 e. The zero-order valence-corrected chi connectivity index (χ0v) is 7.84. The van der Waals surface area contributed by atoms with Gasteiger partial charge >= 0.3 is 0 Å². The molecule has 0 aliphatic carbocycles. The molecular formula is C9H15N3O. The van der Waals surface area contributed by atoms with Gasteiger partial charge in [0.2, 0.25) is 5.88 Å². The van der Waals surface area contributed by atoms with Gasteiger partial charge in [-0.3, -0.25) is 0 Å². The smallest absolute Gasteiger partial charge is 0.212 e. The molecule has 1 saturated heterocycles. The molecule has 2 N–H and O–H groups in total. The number of piperidine rings is 1. The van der Waals surface area contributed by atoms with Gasteiger partial charge in [0.25, 0.3) is 0 Å². The topological polar surface area (TPSA) is 49.9 Å². The Morgan fingerprint density at radius 3 is 3.23 bits per heavy atom. The molecule has 2 heterocycles. The second-order valence-corrected chi connectivity index (χ2v) is 3.40. The molecule has 1 aliphatic rings. The summed E-state index contributed by atoms with van der Waals surface area (Å²) in [6.45, 7) is 2.17. The lowest BCUT2D eigenvalue weighted by molar-refractivity contribution is 0.379. The molecule has 72 valence electrons. The van der Waals surface area contributed by atoms with E-state index in [1.165, 1.54) is 18.4 Å². The minimum atomic E-state index is 0.558. The van der Waals surface area contributed by atoms with Gasteiger partial charge in [0.05, 0.1) is 13.3 Å². The predicted octanol–water partition coefficient (Wildman–Crippen LogP) is 0.885. The zero-order chi connectivity index (χ0) is 9.10. The van der Waals surface area contributed by atoms with Gasteiger partial charge in [0, 0.05) is 18.0 Å². The van der Waals surface area contributed by atoms with Crippen molar-refractivity contribution in [2.45, 2.75) is 18.8 Å². The maximum absolute atomic E-state index is 5.19. The van der Waals surface area contributed by atoms with Crippen LogP contribution < -0.4 is 10.1 Å². The Hall–Kier alpha value is -1.03. The summed E-state index contributed by atoms with van der Waals surface area (Å²) in [5.41, 5.74) is 1.20. The molecule has 0 amide bonds. The molecular weight excluding hydrogens is 166 g/mol. The second-order valence-electron chi connectivity index (χ2n) is 3.40. The van der Waals surface area contributed by atoms with Crippen LogP contribution in [-0.4, -0.2) is 30.4 Å².